The number of likely N-dealkylation sites (tertiary alicyclic amines) is 1. The smallest absolute Gasteiger partial charge is 0.367 e. The average molecular weight is 534 g/mol. The van der Waals surface area contributed by atoms with Crippen molar-refractivity contribution < 1.29 is 27.3 Å². The number of benzene rings is 1. The fraction of sp³-hybridized carbons (Fsp3) is 0.593. The first kappa shape index (κ1) is 26.5. The third-order valence-electron chi connectivity index (χ3n) is 8.05. The van der Waals surface area contributed by atoms with Crippen LogP contribution in [0.2, 0.25) is 0 Å². The first-order valence-electron chi connectivity index (χ1n) is 13.3. The minimum absolute atomic E-state index is 0.00608. The Kier molecular flexibility index (Phi) is 7.39. The van der Waals surface area contributed by atoms with Crippen molar-refractivity contribution >= 4 is 17.5 Å². The standard InChI is InChI=1S/C27H34F3N5O3/c1-17-25(18(2)38-32-17)33-10-3-4-22(9-13-33)34-12-8-21(15-34)31-24(36)16-35-11-7-19-5-6-20(27(28,29)30)14-23(19)26(35)37/h5-6,14,21-22H,3-4,7-13,15-16H2,1-2H3,(H,31,36)/t21-,22?/m1/s1. The van der Waals surface area contributed by atoms with E-state index in [2.05, 4.69) is 20.3 Å². The highest BCUT2D eigenvalue weighted by molar-refractivity contribution is 5.99. The lowest BCUT2D eigenvalue weighted by Gasteiger charge is -2.29. The minimum atomic E-state index is -4.52. The van der Waals surface area contributed by atoms with Gasteiger partial charge in [0.25, 0.3) is 5.91 Å². The molecule has 1 unspecified atom stereocenters. The summed E-state index contributed by atoms with van der Waals surface area (Å²) in [5.41, 5.74) is 1.78. The molecule has 2 saturated heterocycles. The van der Waals surface area contributed by atoms with E-state index in [9.17, 15) is 22.8 Å². The maximum Gasteiger partial charge on any atom is 0.416 e. The van der Waals surface area contributed by atoms with E-state index in [-0.39, 0.29) is 24.1 Å². The maximum absolute atomic E-state index is 13.1. The van der Waals surface area contributed by atoms with Gasteiger partial charge < -0.3 is 19.6 Å². The van der Waals surface area contributed by atoms with Crippen molar-refractivity contribution in [2.24, 2.45) is 0 Å². The van der Waals surface area contributed by atoms with E-state index < -0.39 is 17.6 Å². The second-order valence-electron chi connectivity index (χ2n) is 10.6. The third kappa shape index (κ3) is 5.52. The molecule has 2 atom stereocenters. The molecule has 0 saturated carbocycles. The lowest BCUT2D eigenvalue weighted by molar-refractivity contribution is -0.137. The molecule has 0 aliphatic carbocycles. The first-order valence-corrected chi connectivity index (χ1v) is 13.3. The molecule has 206 valence electrons. The number of aryl methyl sites for hydroxylation is 2. The number of amides is 2. The van der Waals surface area contributed by atoms with Crippen molar-refractivity contribution in [1.29, 1.82) is 0 Å². The van der Waals surface area contributed by atoms with Gasteiger partial charge >= 0.3 is 6.18 Å². The Balaban J connectivity index is 1.13. The number of carbonyl (C=O) groups excluding carboxylic acids is 2. The van der Waals surface area contributed by atoms with Gasteiger partial charge in [0, 0.05) is 50.4 Å². The van der Waals surface area contributed by atoms with Crippen LogP contribution in [-0.4, -0.2) is 78.1 Å². The number of carbonyl (C=O) groups is 2. The summed E-state index contributed by atoms with van der Waals surface area (Å²) >= 11 is 0. The van der Waals surface area contributed by atoms with Gasteiger partial charge in [0.05, 0.1) is 12.1 Å². The van der Waals surface area contributed by atoms with Crippen LogP contribution in [0.1, 0.15) is 58.6 Å². The number of halogens is 3. The van der Waals surface area contributed by atoms with Gasteiger partial charge in [-0.2, -0.15) is 13.2 Å². The Bertz CT molecular complexity index is 1180. The summed E-state index contributed by atoms with van der Waals surface area (Å²) in [6.07, 6.45) is -0.0868. The summed E-state index contributed by atoms with van der Waals surface area (Å²) in [6, 6.07) is 3.69. The molecule has 2 amide bonds. The number of nitrogens with zero attached hydrogens (tertiary/aromatic N) is 4. The van der Waals surface area contributed by atoms with Crippen LogP contribution in [0.4, 0.5) is 18.9 Å². The SMILES string of the molecule is Cc1noc(C)c1N1CCCC(N2CC[C@@H](NC(=O)CN3CCc4ccc(C(F)(F)F)cc4C3=O)C2)CC1. The number of anilines is 1. The van der Waals surface area contributed by atoms with E-state index in [1.807, 2.05) is 13.8 Å². The summed E-state index contributed by atoms with van der Waals surface area (Å²) in [4.78, 5) is 31.8. The van der Waals surface area contributed by atoms with Crippen molar-refractivity contribution in [3.8, 4) is 0 Å². The van der Waals surface area contributed by atoms with Crippen molar-refractivity contribution in [1.82, 2.24) is 20.3 Å². The third-order valence-corrected chi connectivity index (χ3v) is 8.05. The normalized spacial score (nSPS) is 22.9. The molecule has 2 aromatic rings. The Morgan fingerprint density at radius 3 is 2.68 bits per heavy atom. The Hall–Kier alpha value is -3.08. The Labute approximate surface area is 220 Å². The Morgan fingerprint density at radius 1 is 1.13 bits per heavy atom. The van der Waals surface area contributed by atoms with Crippen LogP contribution in [0.15, 0.2) is 22.7 Å². The molecule has 5 rings (SSSR count). The summed E-state index contributed by atoms with van der Waals surface area (Å²) < 4.78 is 44.7. The fourth-order valence-corrected chi connectivity index (χ4v) is 6.13. The topological polar surface area (TPSA) is 81.9 Å². The van der Waals surface area contributed by atoms with Gasteiger partial charge in [-0.3, -0.25) is 14.5 Å². The number of nitrogens with one attached hydrogen (secondary N) is 1. The second-order valence-corrected chi connectivity index (χ2v) is 10.6. The molecule has 11 heteroatoms. The molecule has 1 aromatic heterocycles. The molecular weight excluding hydrogens is 499 g/mol. The lowest BCUT2D eigenvalue weighted by Crippen LogP contribution is -2.47. The number of hydrogen-bond donors (Lipinski definition) is 1. The van der Waals surface area contributed by atoms with Crippen LogP contribution in [0.3, 0.4) is 0 Å². The minimum Gasteiger partial charge on any atom is -0.367 e. The lowest BCUT2D eigenvalue weighted by atomic mass is 9.96. The van der Waals surface area contributed by atoms with Crippen LogP contribution in [-0.2, 0) is 17.4 Å². The van der Waals surface area contributed by atoms with E-state index >= 15 is 0 Å². The number of fused-ring (bicyclic) bond motifs is 1. The second kappa shape index (κ2) is 10.6. The van der Waals surface area contributed by atoms with E-state index in [0.29, 0.717) is 24.6 Å². The molecular formula is C27H34F3N5O3. The molecule has 8 nitrogen and oxygen atoms in total. The molecule has 0 radical (unpaired) electrons. The van der Waals surface area contributed by atoms with Crippen LogP contribution >= 0.6 is 0 Å². The van der Waals surface area contributed by atoms with E-state index in [0.717, 1.165) is 81.1 Å². The van der Waals surface area contributed by atoms with Gasteiger partial charge in [0.1, 0.15) is 11.4 Å². The quantitative estimate of drug-likeness (QED) is 0.633. The van der Waals surface area contributed by atoms with Crippen molar-refractivity contribution in [3.05, 3.63) is 46.3 Å². The van der Waals surface area contributed by atoms with Crippen LogP contribution in [0.25, 0.3) is 0 Å². The zero-order valence-corrected chi connectivity index (χ0v) is 21.8. The Morgan fingerprint density at radius 2 is 1.95 bits per heavy atom. The van der Waals surface area contributed by atoms with Crippen LogP contribution in [0, 0.1) is 13.8 Å². The largest absolute Gasteiger partial charge is 0.416 e. The fourth-order valence-electron chi connectivity index (χ4n) is 6.13. The molecule has 38 heavy (non-hydrogen) atoms. The van der Waals surface area contributed by atoms with Crippen molar-refractivity contribution in [3.63, 3.8) is 0 Å². The van der Waals surface area contributed by atoms with E-state index in [1.54, 1.807) is 0 Å². The predicted molar refractivity (Wildman–Crippen MR) is 135 cm³/mol. The molecule has 1 N–H and O–H groups in total. The molecule has 0 bridgehead atoms. The predicted octanol–water partition coefficient (Wildman–Crippen LogP) is 3.56. The highest BCUT2D eigenvalue weighted by atomic mass is 19.4. The zero-order valence-electron chi connectivity index (χ0n) is 21.8. The molecule has 3 aliphatic heterocycles. The highest BCUT2D eigenvalue weighted by Gasteiger charge is 2.35. The average Bonchev–Trinajstić information content (AvgIpc) is 3.38. The number of alkyl halides is 3. The molecule has 1 aromatic carbocycles. The highest BCUT2D eigenvalue weighted by Crippen LogP contribution is 2.32. The van der Waals surface area contributed by atoms with Crippen LogP contribution < -0.4 is 10.2 Å². The van der Waals surface area contributed by atoms with Crippen molar-refractivity contribution in [2.75, 3.05) is 44.2 Å². The van der Waals surface area contributed by atoms with E-state index in [1.165, 1.54) is 11.0 Å². The zero-order chi connectivity index (χ0) is 27.0. The van der Waals surface area contributed by atoms with E-state index in [4.69, 9.17) is 4.52 Å². The molecule has 0 spiro atoms. The summed E-state index contributed by atoms with van der Waals surface area (Å²) in [7, 11) is 0. The van der Waals surface area contributed by atoms with Crippen LogP contribution in [0.5, 0.6) is 0 Å². The summed E-state index contributed by atoms with van der Waals surface area (Å²) in [5.74, 6) is 0.0503. The molecule has 2 fully saturated rings. The number of rotatable bonds is 5. The van der Waals surface area contributed by atoms with Gasteiger partial charge in [-0.25, -0.2) is 0 Å². The van der Waals surface area contributed by atoms with Gasteiger partial charge in [-0.1, -0.05) is 11.2 Å². The number of aromatic nitrogens is 1. The molecule has 4 heterocycles. The summed E-state index contributed by atoms with van der Waals surface area (Å²) in [5, 5.41) is 7.14. The van der Waals surface area contributed by atoms with Gasteiger partial charge in [-0.05, 0) is 63.6 Å². The first-order chi connectivity index (χ1) is 18.1. The van der Waals surface area contributed by atoms with Gasteiger partial charge in [0.2, 0.25) is 5.91 Å². The van der Waals surface area contributed by atoms with Gasteiger partial charge in [-0.15, -0.1) is 0 Å². The molecule has 3 aliphatic rings. The monoisotopic (exact) mass is 533 g/mol. The summed E-state index contributed by atoms with van der Waals surface area (Å²) in [6.45, 7) is 7.62. The maximum atomic E-state index is 13.1. The van der Waals surface area contributed by atoms with Crippen molar-refractivity contribution in [2.45, 2.75) is 64.2 Å². The number of hydrogen-bond acceptors (Lipinski definition) is 6. The van der Waals surface area contributed by atoms with Gasteiger partial charge in [0.15, 0.2) is 5.76 Å².